The van der Waals surface area contributed by atoms with E-state index in [9.17, 15) is 5.21 Å². The number of anilines is 1. The fourth-order valence-corrected chi connectivity index (χ4v) is 3.06. The molecule has 1 saturated heterocycles. The second-order valence-corrected chi connectivity index (χ2v) is 6.28. The number of aliphatic imine (C=N–C) groups is 1. The van der Waals surface area contributed by atoms with Gasteiger partial charge in [-0.3, -0.25) is 5.21 Å². The van der Waals surface area contributed by atoms with Crippen LogP contribution >= 0.6 is 0 Å². The van der Waals surface area contributed by atoms with Crippen molar-refractivity contribution in [2.24, 2.45) is 4.99 Å². The van der Waals surface area contributed by atoms with Crippen molar-refractivity contribution in [3.8, 4) is 5.75 Å². The van der Waals surface area contributed by atoms with Gasteiger partial charge in [0.1, 0.15) is 11.9 Å². The fraction of sp³-hybridized carbons (Fsp3) is 0.222. The molecule has 3 aromatic rings. The zero-order chi connectivity index (χ0) is 16.8. The standard InChI is InChI=1S/C18H17N5O2/c24-23-10-17(16-6-12-2-1-5-22(12)11-20-16)21-15-4-3-13(7-18(15)23)25-14-8-19-9-14/h1-7,11,14,19,24H,8-10H2. The minimum absolute atomic E-state index is 0.200. The summed E-state index contributed by atoms with van der Waals surface area (Å²) in [5.41, 5.74) is 3.89. The summed E-state index contributed by atoms with van der Waals surface area (Å²) in [4.78, 5) is 9.14. The highest BCUT2D eigenvalue weighted by Gasteiger charge is 2.23. The molecule has 126 valence electrons. The van der Waals surface area contributed by atoms with Crippen molar-refractivity contribution in [3.63, 3.8) is 0 Å². The van der Waals surface area contributed by atoms with E-state index in [0.717, 1.165) is 35.8 Å². The fourth-order valence-electron chi connectivity index (χ4n) is 3.06. The number of hydroxylamine groups is 1. The number of fused-ring (bicyclic) bond motifs is 2. The lowest BCUT2D eigenvalue weighted by molar-refractivity contribution is 0.142. The van der Waals surface area contributed by atoms with Gasteiger partial charge in [-0.05, 0) is 30.3 Å². The van der Waals surface area contributed by atoms with E-state index in [1.165, 1.54) is 5.06 Å². The second-order valence-electron chi connectivity index (χ2n) is 6.28. The van der Waals surface area contributed by atoms with Gasteiger partial charge in [0.05, 0.1) is 35.7 Å². The predicted molar refractivity (Wildman–Crippen MR) is 94.2 cm³/mol. The molecule has 2 N–H and O–H groups in total. The average molecular weight is 335 g/mol. The summed E-state index contributed by atoms with van der Waals surface area (Å²) in [6.07, 6.45) is 3.90. The van der Waals surface area contributed by atoms with Gasteiger partial charge >= 0.3 is 0 Å². The van der Waals surface area contributed by atoms with Crippen LogP contribution in [0.3, 0.4) is 0 Å². The summed E-state index contributed by atoms with van der Waals surface area (Å²) in [5.74, 6) is 0.746. The molecular formula is C18H17N5O2. The molecule has 4 heterocycles. The van der Waals surface area contributed by atoms with Crippen molar-refractivity contribution in [1.82, 2.24) is 14.7 Å². The van der Waals surface area contributed by atoms with E-state index in [1.54, 1.807) is 6.33 Å². The summed E-state index contributed by atoms with van der Waals surface area (Å²) in [6, 6.07) is 11.5. The Morgan fingerprint density at radius 2 is 2.12 bits per heavy atom. The van der Waals surface area contributed by atoms with E-state index >= 15 is 0 Å². The summed E-state index contributed by atoms with van der Waals surface area (Å²) in [5, 5.41) is 14.8. The van der Waals surface area contributed by atoms with E-state index in [4.69, 9.17) is 4.74 Å². The number of aromatic nitrogens is 2. The Morgan fingerprint density at radius 1 is 1.20 bits per heavy atom. The summed E-state index contributed by atoms with van der Waals surface area (Å²) in [7, 11) is 0. The van der Waals surface area contributed by atoms with Crippen LogP contribution in [0, 0.1) is 0 Å². The van der Waals surface area contributed by atoms with E-state index < -0.39 is 0 Å². The molecule has 7 nitrogen and oxygen atoms in total. The van der Waals surface area contributed by atoms with Crippen LogP contribution in [-0.4, -0.2) is 46.0 Å². The first kappa shape index (κ1) is 14.4. The first-order valence-electron chi connectivity index (χ1n) is 8.25. The molecule has 2 aliphatic heterocycles. The van der Waals surface area contributed by atoms with E-state index in [2.05, 4.69) is 15.3 Å². The number of nitrogens with zero attached hydrogens (tertiary/aromatic N) is 4. The zero-order valence-electron chi connectivity index (χ0n) is 13.5. The molecule has 0 amide bonds. The van der Waals surface area contributed by atoms with Crippen LogP contribution in [0.25, 0.3) is 5.52 Å². The Bertz CT molecular complexity index is 977. The maximum absolute atomic E-state index is 10.4. The molecule has 0 aliphatic carbocycles. The molecule has 25 heavy (non-hydrogen) atoms. The Morgan fingerprint density at radius 3 is 2.96 bits per heavy atom. The Hall–Kier alpha value is -2.90. The van der Waals surface area contributed by atoms with E-state index in [-0.39, 0.29) is 12.6 Å². The van der Waals surface area contributed by atoms with Gasteiger partial charge in [0, 0.05) is 30.9 Å². The third kappa shape index (κ3) is 2.54. The van der Waals surface area contributed by atoms with Gasteiger partial charge in [-0.15, -0.1) is 0 Å². The van der Waals surface area contributed by atoms with Crippen LogP contribution in [0.2, 0.25) is 0 Å². The van der Waals surface area contributed by atoms with Crippen molar-refractivity contribution in [3.05, 3.63) is 54.6 Å². The van der Waals surface area contributed by atoms with Crippen LogP contribution in [0.4, 0.5) is 11.4 Å². The van der Waals surface area contributed by atoms with Crippen LogP contribution in [0.15, 0.2) is 53.9 Å². The van der Waals surface area contributed by atoms with E-state index in [1.807, 2.05) is 47.0 Å². The molecule has 2 aliphatic rings. The minimum Gasteiger partial charge on any atom is -0.488 e. The zero-order valence-corrected chi connectivity index (χ0v) is 13.5. The first-order chi connectivity index (χ1) is 12.3. The number of rotatable bonds is 3. The van der Waals surface area contributed by atoms with Gasteiger partial charge in [0.15, 0.2) is 0 Å². The van der Waals surface area contributed by atoms with Gasteiger partial charge in [-0.1, -0.05) is 0 Å². The minimum atomic E-state index is 0.200. The molecule has 0 spiro atoms. The number of hydrogen-bond donors (Lipinski definition) is 2. The lowest BCUT2D eigenvalue weighted by Gasteiger charge is -2.29. The summed E-state index contributed by atoms with van der Waals surface area (Å²) in [6.45, 7) is 2.00. The topological polar surface area (TPSA) is 74.4 Å². The summed E-state index contributed by atoms with van der Waals surface area (Å²) >= 11 is 0. The van der Waals surface area contributed by atoms with Crippen LogP contribution in [-0.2, 0) is 0 Å². The maximum atomic E-state index is 10.4. The molecule has 0 atom stereocenters. The van der Waals surface area contributed by atoms with Crippen molar-refractivity contribution in [2.45, 2.75) is 6.10 Å². The number of hydrogen-bond acceptors (Lipinski definition) is 6. The van der Waals surface area contributed by atoms with E-state index in [0.29, 0.717) is 11.4 Å². The SMILES string of the molecule is ON1CC(c2cc3cccn3cn2)=Nc2ccc(OC3CNC3)cc21. The monoisotopic (exact) mass is 335 g/mol. The van der Waals surface area contributed by atoms with Crippen molar-refractivity contribution in [2.75, 3.05) is 24.7 Å². The molecule has 2 aromatic heterocycles. The van der Waals surface area contributed by atoms with Gasteiger partial charge in [0.2, 0.25) is 0 Å². The molecule has 0 unspecified atom stereocenters. The van der Waals surface area contributed by atoms with Gasteiger partial charge in [0.25, 0.3) is 0 Å². The molecule has 1 aromatic carbocycles. The van der Waals surface area contributed by atoms with Crippen molar-refractivity contribution >= 4 is 22.6 Å². The number of ether oxygens (including phenoxy) is 1. The van der Waals surface area contributed by atoms with Crippen LogP contribution < -0.4 is 15.1 Å². The Kier molecular flexibility index (Phi) is 3.22. The van der Waals surface area contributed by atoms with Crippen molar-refractivity contribution < 1.29 is 9.94 Å². The highest BCUT2D eigenvalue weighted by Crippen LogP contribution is 2.35. The summed E-state index contributed by atoms with van der Waals surface area (Å²) < 4.78 is 7.79. The van der Waals surface area contributed by atoms with Crippen LogP contribution in [0.1, 0.15) is 5.69 Å². The lowest BCUT2D eigenvalue weighted by atomic mass is 10.1. The molecule has 0 radical (unpaired) electrons. The van der Waals surface area contributed by atoms with Gasteiger partial charge in [-0.2, -0.15) is 0 Å². The quantitative estimate of drug-likeness (QED) is 0.766. The number of nitrogens with one attached hydrogen (secondary N) is 1. The van der Waals surface area contributed by atoms with Gasteiger partial charge in [-0.25, -0.2) is 15.0 Å². The molecule has 1 fully saturated rings. The molecule has 0 bridgehead atoms. The predicted octanol–water partition coefficient (Wildman–Crippen LogP) is 2.01. The number of benzene rings is 1. The largest absolute Gasteiger partial charge is 0.488 e. The third-order valence-electron chi connectivity index (χ3n) is 4.54. The van der Waals surface area contributed by atoms with Crippen molar-refractivity contribution in [1.29, 1.82) is 0 Å². The molecule has 5 rings (SSSR count). The smallest absolute Gasteiger partial charge is 0.123 e. The molecule has 0 saturated carbocycles. The Balaban J connectivity index is 1.49. The maximum Gasteiger partial charge on any atom is 0.123 e. The third-order valence-corrected chi connectivity index (χ3v) is 4.54. The van der Waals surface area contributed by atoms with Crippen LogP contribution in [0.5, 0.6) is 5.75 Å². The highest BCUT2D eigenvalue weighted by atomic mass is 16.5. The molecule has 7 heteroatoms. The molecular weight excluding hydrogens is 318 g/mol. The normalized spacial score (nSPS) is 17.2. The Labute approximate surface area is 144 Å². The van der Waals surface area contributed by atoms with Gasteiger partial charge < -0.3 is 14.5 Å². The highest BCUT2D eigenvalue weighted by molar-refractivity contribution is 6.06. The first-order valence-corrected chi connectivity index (χ1v) is 8.25. The second kappa shape index (κ2) is 5.58. The average Bonchev–Trinajstić information content (AvgIpc) is 3.06. The lowest BCUT2D eigenvalue weighted by Crippen LogP contribution is -2.50.